The molecule has 1 heterocycles. The summed E-state index contributed by atoms with van der Waals surface area (Å²) < 4.78 is 19.6. The molecule has 0 aliphatic carbocycles. The van der Waals surface area contributed by atoms with E-state index >= 15 is 0 Å². The zero-order valence-electron chi connectivity index (χ0n) is 15.5. The quantitative estimate of drug-likeness (QED) is 0.606. The van der Waals surface area contributed by atoms with E-state index in [1.807, 2.05) is 41.7 Å². The van der Waals surface area contributed by atoms with Gasteiger partial charge in [0.25, 0.3) is 5.91 Å². The fourth-order valence-corrected chi connectivity index (χ4v) is 5.69. The monoisotopic (exact) mass is 430 g/mol. The molecule has 0 N–H and O–H groups in total. The van der Waals surface area contributed by atoms with Gasteiger partial charge in [0.15, 0.2) is 6.61 Å². The smallest absolute Gasteiger partial charge is 0.338 e. The molecule has 2 aromatic carbocycles. The van der Waals surface area contributed by atoms with E-state index in [1.165, 1.54) is 18.2 Å². The molecule has 0 spiro atoms. The molecule has 0 saturated carbocycles. The van der Waals surface area contributed by atoms with Crippen LogP contribution in [0, 0.1) is 17.1 Å². The van der Waals surface area contributed by atoms with Crippen molar-refractivity contribution in [2.45, 2.75) is 11.0 Å². The Morgan fingerprint density at radius 1 is 1.14 bits per heavy atom. The molecule has 0 radical (unpaired) electrons. The van der Waals surface area contributed by atoms with Gasteiger partial charge in [-0.05, 0) is 29.8 Å². The van der Waals surface area contributed by atoms with Crippen molar-refractivity contribution in [1.29, 1.82) is 5.26 Å². The second-order valence-electron chi connectivity index (χ2n) is 6.18. The fourth-order valence-electron chi connectivity index (χ4n) is 2.83. The van der Waals surface area contributed by atoms with Crippen LogP contribution in [0.1, 0.15) is 26.9 Å². The Bertz CT molecular complexity index is 909. The lowest BCUT2D eigenvalue weighted by Crippen LogP contribution is -2.36. The number of rotatable bonds is 7. The molecule has 0 atom stereocenters. The maximum absolute atomic E-state index is 14.1. The van der Waals surface area contributed by atoms with E-state index in [9.17, 15) is 14.0 Å². The maximum atomic E-state index is 14.1. The van der Waals surface area contributed by atoms with Crippen molar-refractivity contribution in [3.05, 3.63) is 65.5 Å². The number of carbonyl (C=O) groups excluding carboxylic acids is 2. The number of para-hydroxylation sites is 1. The second kappa shape index (κ2) is 10.3. The van der Waals surface area contributed by atoms with E-state index in [2.05, 4.69) is 0 Å². The predicted octanol–water partition coefficient (Wildman–Crippen LogP) is 4.41. The lowest BCUT2D eigenvalue weighted by atomic mass is 10.1. The normalized spacial score (nSPS) is 13.7. The number of hydrogen-bond donors (Lipinski definition) is 0. The Morgan fingerprint density at radius 2 is 1.83 bits per heavy atom. The Balaban J connectivity index is 1.62. The van der Waals surface area contributed by atoms with Crippen LogP contribution in [0.15, 0.2) is 48.5 Å². The van der Waals surface area contributed by atoms with Gasteiger partial charge in [0, 0.05) is 18.1 Å². The number of esters is 1. The topological polar surface area (TPSA) is 70.4 Å². The third-order valence-corrected chi connectivity index (χ3v) is 7.36. The van der Waals surface area contributed by atoms with Gasteiger partial charge >= 0.3 is 5.97 Å². The molecule has 0 unspecified atom stereocenters. The zero-order chi connectivity index (χ0) is 20.6. The van der Waals surface area contributed by atoms with Crippen LogP contribution in [-0.2, 0) is 9.53 Å². The molecule has 1 aliphatic heterocycles. The predicted molar refractivity (Wildman–Crippen MR) is 113 cm³/mol. The minimum Gasteiger partial charge on any atom is -0.452 e. The van der Waals surface area contributed by atoms with Gasteiger partial charge in [-0.15, -0.1) is 23.5 Å². The molecule has 150 valence electrons. The standard InChI is InChI=1S/C21H19FN2O3S2/c22-17-4-1-2-5-18(17)24(11-3-10-23)19(25)14-27-20(26)15-6-8-16(9-7-15)21-28-12-13-29-21/h1-2,4-9,21H,3,11-14H2. The van der Waals surface area contributed by atoms with Crippen molar-refractivity contribution < 1.29 is 18.7 Å². The molecule has 0 aromatic heterocycles. The minimum absolute atomic E-state index is 0.0131. The van der Waals surface area contributed by atoms with Gasteiger partial charge < -0.3 is 9.64 Å². The van der Waals surface area contributed by atoms with Crippen molar-refractivity contribution in [2.75, 3.05) is 29.6 Å². The molecule has 29 heavy (non-hydrogen) atoms. The number of amides is 1. The first-order valence-corrected chi connectivity index (χ1v) is 11.1. The summed E-state index contributed by atoms with van der Waals surface area (Å²) in [4.78, 5) is 26.0. The summed E-state index contributed by atoms with van der Waals surface area (Å²) in [6.45, 7) is -0.520. The van der Waals surface area contributed by atoms with Crippen LogP contribution in [0.2, 0.25) is 0 Å². The van der Waals surface area contributed by atoms with Crippen LogP contribution in [0.4, 0.5) is 10.1 Å². The summed E-state index contributed by atoms with van der Waals surface area (Å²) in [7, 11) is 0. The summed E-state index contributed by atoms with van der Waals surface area (Å²) in [6.07, 6.45) is 0.0344. The molecule has 1 fully saturated rings. The van der Waals surface area contributed by atoms with Crippen molar-refractivity contribution in [3.63, 3.8) is 0 Å². The first-order chi connectivity index (χ1) is 14.1. The number of benzene rings is 2. The summed E-state index contributed by atoms with van der Waals surface area (Å²) in [5, 5.41) is 8.81. The minimum atomic E-state index is -0.620. The van der Waals surface area contributed by atoms with Crippen LogP contribution in [0.5, 0.6) is 0 Å². The molecule has 3 rings (SSSR count). The number of thioether (sulfide) groups is 2. The highest BCUT2D eigenvalue weighted by atomic mass is 32.2. The molecule has 1 aliphatic rings. The molecule has 0 bridgehead atoms. The number of anilines is 1. The fraction of sp³-hybridized carbons (Fsp3) is 0.286. The Labute approximate surface area is 177 Å². The van der Waals surface area contributed by atoms with E-state index in [-0.39, 0.29) is 18.7 Å². The van der Waals surface area contributed by atoms with Gasteiger partial charge in [-0.3, -0.25) is 4.79 Å². The summed E-state index contributed by atoms with van der Waals surface area (Å²) in [5.41, 5.74) is 1.55. The van der Waals surface area contributed by atoms with Crippen LogP contribution < -0.4 is 4.90 Å². The first-order valence-electron chi connectivity index (χ1n) is 9.02. The largest absolute Gasteiger partial charge is 0.452 e. The highest BCUT2D eigenvalue weighted by Gasteiger charge is 2.21. The Morgan fingerprint density at radius 3 is 2.48 bits per heavy atom. The average Bonchev–Trinajstić information content (AvgIpc) is 3.28. The number of carbonyl (C=O) groups is 2. The Kier molecular flexibility index (Phi) is 7.55. The lowest BCUT2D eigenvalue weighted by Gasteiger charge is -2.22. The van der Waals surface area contributed by atoms with Gasteiger partial charge in [-0.25, -0.2) is 9.18 Å². The number of hydrogen-bond acceptors (Lipinski definition) is 6. The van der Waals surface area contributed by atoms with E-state index in [1.54, 1.807) is 18.2 Å². The molecular formula is C21H19FN2O3S2. The summed E-state index contributed by atoms with van der Waals surface area (Å²) in [5.74, 6) is 0.444. The second-order valence-corrected chi connectivity index (χ2v) is 8.90. The van der Waals surface area contributed by atoms with Crippen LogP contribution in [-0.4, -0.2) is 36.5 Å². The molecule has 8 heteroatoms. The van der Waals surface area contributed by atoms with Crippen molar-refractivity contribution in [3.8, 4) is 6.07 Å². The summed E-state index contributed by atoms with van der Waals surface area (Å²) in [6, 6.07) is 14.9. The molecule has 5 nitrogen and oxygen atoms in total. The van der Waals surface area contributed by atoms with Gasteiger partial charge in [0.1, 0.15) is 5.82 Å². The Hall–Kier alpha value is -2.50. The molecule has 2 aromatic rings. The average molecular weight is 431 g/mol. The van der Waals surface area contributed by atoms with Gasteiger partial charge in [-0.1, -0.05) is 24.3 Å². The maximum Gasteiger partial charge on any atom is 0.338 e. The SMILES string of the molecule is N#CCCN(C(=O)COC(=O)c1ccc(C2SCCS2)cc1)c1ccccc1F. The number of nitriles is 1. The van der Waals surface area contributed by atoms with Crippen LogP contribution in [0.3, 0.4) is 0 Å². The third kappa shape index (κ3) is 5.52. The van der Waals surface area contributed by atoms with E-state index in [0.717, 1.165) is 22.0 Å². The first kappa shape index (κ1) is 21.2. The van der Waals surface area contributed by atoms with Crippen LogP contribution in [0.25, 0.3) is 0 Å². The number of nitrogens with zero attached hydrogens (tertiary/aromatic N) is 2. The van der Waals surface area contributed by atoms with E-state index in [4.69, 9.17) is 10.00 Å². The highest BCUT2D eigenvalue weighted by Crippen LogP contribution is 2.45. The van der Waals surface area contributed by atoms with E-state index in [0.29, 0.717) is 10.1 Å². The third-order valence-electron chi connectivity index (χ3n) is 4.26. The van der Waals surface area contributed by atoms with Gasteiger partial charge in [0.05, 0.1) is 28.3 Å². The molecule has 1 saturated heterocycles. The lowest BCUT2D eigenvalue weighted by molar-refractivity contribution is -0.121. The zero-order valence-corrected chi connectivity index (χ0v) is 17.2. The highest BCUT2D eigenvalue weighted by molar-refractivity contribution is 8.19. The van der Waals surface area contributed by atoms with Crippen molar-refractivity contribution in [1.82, 2.24) is 0 Å². The number of ether oxygens (including phenoxy) is 1. The van der Waals surface area contributed by atoms with Crippen molar-refractivity contribution >= 4 is 41.1 Å². The van der Waals surface area contributed by atoms with Crippen LogP contribution >= 0.6 is 23.5 Å². The number of halogens is 1. The molecule has 1 amide bonds. The van der Waals surface area contributed by atoms with Gasteiger partial charge in [0.2, 0.25) is 0 Å². The van der Waals surface area contributed by atoms with Crippen molar-refractivity contribution in [2.24, 2.45) is 0 Å². The molecular weight excluding hydrogens is 411 g/mol. The summed E-state index contributed by atoms with van der Waals surface area (Å²) >= 11 is 3.75. The van der Waals surface area contributed by atoms with E-state index < -0.39 is 24.3 Å². The van der Waals surface area contributed by atoms with Gasteiger partial charge in [-0.2, -0.15) is 5.26 Å².